The predicted molar refractivity (Wildman–Crippen MR) is 125 cm³/mol. The summed E-state index contributed by atoms with van der Waals surface area (Å²) in [4.78, 5) is 18.2. The van der Waals surface area contributed by atoms with E-state index in [4.69, 9.17) is 14.2 Å². The number of nitrogens with one attached hydrogen (secondary N) is 1. The standard InChI is InChI=1S/C23H32N6O5/c1-15(2)21(22-25-26-27-29(22)6-8-32-3)28(5-4-7-30)14-17-11-16-12-19-20(34-10-9-33-19)13-18(16)24-23(17)31/h11-13,15,21,30H,4-10,14H2,1-3H3,(H,24,31)/t21-/m1/s1. The predicted octanol–water partition coefficient (Wildman–Crippen LogP) is 1.51. The third kappa shape index (κ3) is 5.21. The Morgan fingerprint density at radius 2 is 2.00 bits per heavy atom. The minimum Gasteiger partial charge on any atom is -0.486 e. The summed E-state index contributed by atoms with van der Waals surface area (Å²) in [7, 11) is 1.64. The lowest BCUT2D eigenvalue weighted by Crippen LogP contribution is -2.36. The maximum atomic E-state index is 13.0. The van der Waals surface area contributed by atoms with Crippen LogP contribution in [0, 0.1) is 5.92 Å². The van der Waals surface area contributed by atoms with Crippen LogP contribution in [0.4, 0.5) is 0 Å². The van der Waals surface area contributed by atoms with E-state index in [1.54, 1.807) is 17.9 Å². The van der Waals surface area contributed by atoms with Gasteiger partial charge < -0.3 is 24.3 Å². The third-order valence-corrected chi connectivity index (χ3v) is 5.92. The van der Waals surface area contributed by atoms with Crippen molar-refractivity contribution in [1.82, 2.24) is 30.1 Å². The van der Waals surface area contributed by atoms with Crippen LogP contribution in [0.3, 0.4) is 0 Å². The van der Waals surface area contributed by atoms with E-state index in [-0.39, 0.29) is 24.1 Å². The summed E-state index contributed by atoms with van der Waals surface area (Å²) in [6.45, 7) is 7.20. The van der Waals surface area contributed by atoms with E-state index < -0.39 is 0 Å². The molecule has 0 fully saturated rings. The Hall–Kier alpha value is -3.02. The van der Waals surface area contributed by atoms with Crippen LogP contribution in [0.2, 0.25) is 0 Å². The lowest BCUT2D eigenvalue weighted by atomic mass is 10.00. The molecule has 0 saturated carbocycles. The maximum absolute atomic E-state index is 13.0. The number of pyridine rings is 1. The molecule has 0 amide bonds. The summed E-state index contributed by atoms with van der Waals surface area (Å²) in [6.07, 6.45) is 0.563. The van der Waals surface area contributed by atoms with Gasteiger partial charge >= 0.3 is 0 Å². The van der Waals surface area contributed by atoms with Gasteiger partial charge in [0.15, 0.2) is 17.3 Å². The Bertz CT molecular complexity index is 1160. The highest BCUT2D eigenvalue weighted by atomic mass is 16.6. The van der Waals surface area contributed by atoms with Crippen molar-refractivity contribution in [3.8, 4) is 11.5 Å². The number of ether oxygens (including phenoxy) is 3. The van der Waals surface area contributed by atoms with Crippen LogP contribution in [0.5, 0.6) is 11.5 Å². The Labute approximate surface area is 197 Å². The molecule has 34 heavy (non-hydrogen) atoms. The molecular weight excluding hydrogens is 440 g/mol. The fourth-order valence-corrected chi connectivity index (χ4v) is 4.36. The van der Waals surface area contributed by atoms with Gasteiger partial charge in [0.2, 0.25) is 0 Å². The van der Waals surface area contributed by atoms with Crippen molar-refractivity contribution in [3.05, 3.63) is 39.9 Å². The molecule has 1 aliphatic rings. The van der Waals surface area contributed by atoms with Crippen molar-refractivity contribution in [1.29, 1.82) is 0 Å². The highest BCUT2D eigenvalue weighted by Crippen LogP contribution is 2.34. The largest absolute Gasteiger partial charge is 0.486 e. The summed E-state index contributed by atoms with van der Waals surface area (Å²) in [5.41, 5.74) is 1.15. The van der Waals surface area contributed by atoms with Crippen LogP contribution in [-0.2, 0) is 17.8 Å². The molecule has 2 aromatic heterocycles. The molecule has 11 nitrogen and oxygen atoms in total. The summed E-state index contributed by atoms with van der Waals surface area (Å²) >= 11 is 0. The van der Waals surface area contributed by atoms with Crippen LogP contribution in [-0.4, -0.2) is 75.3 Å². The number of benzene rings is 1. The lowest BCUT2D eigenvalue weighted by Gasteiger charge is -2.33. The molecule has 1 aliphatic heterocycles. The molecule has 0 aliphatic carbocycles. The quantitative estimate of drug-likeness (QED) is 0.427. The van der Waals surface area contributed by atoms with E-state index in [2.05, 4.69) is 39.3 Å². The van der Waals surface area contributed by atoms with Crippen LogP contribution in [0.25, 0.3) is 10.9 Å². The number of hydrogen-bond donors (Lipinski definition) is 2. The van der Waals surface area contributed by atoms with Crippen LogP contribution in [0.1, 0.15) is 37.7 Å². The lowest BCUT2D eigenvalue weighted by molar-refractivity contribution is 0.118. The number of fused-ring (bicyclic) bond motifs is 2. The average molecular weight is 473 g/mol. The van der Waals surface area contributed by atoms with E-state index >= 15 is 0 Å². The number of aromatic amines is 1. The molecule has 2 N–H and O–H groups in total. The minimum absolute atomic E-state index is 0.0491. The molecular formula is C23H32N6O5. The first-order valence-corrected chi connectivity index (χ1v) is 11.6. The van der Waals surface area contributed by atoms with Gasteiger partial charge in [-0.25, -0.2) is 4.68 Å². The zero-order valence-electron chi connectivity index (χ0n) is 19.9. The zero-order valence-corrected chi connectivity index (χ0v) is 19.9. The van der Waals surface area contributed by atoms with Crippen molar-refractivity contribution in [2.24, 2.45) is 5.92 Å². The Morgan fingerprint density at radius 3 is 2.71 bits per heavy atom. The highest BCUT2D eigenvalue weighted by Gasteiger charge is 2.29. The first kappa shape index (κ1) is 24.1. The molecule has 1 atom stereocenters. The fraction of sp³-hybridized carbons (Fsp3) is 0.565. The normalized spacial score (nSPS) is 14.3. The highest BCUT2D eigenvalue weighted by molar-refractivity contribution is 5.83. The molecule has 0 radical (unpaired) electrons. The number of methoxy groups -OCH3 is 1. The number of H-pyrrole nitrogens is 1. The molecule has 0 bridgehead atoms. The molecule has 4 rings (SSSR count). The van der Waals surface area contributed by atoms with Gasteiger partial charge in [0.05, 0.1) is 24.7 Å². The van der Waals surface area contributed by atoms with Gasteiger partial charge in [-0.1, -0.05) is 13.8 Å². The molecule has 0 spiro atoms. The topological polar surface area (TPSA) is 128 Å². The van der Waals surface area contributed by atoms with E-state index in [1.165, 1.54) is 0 Å². The van der Waals surface area contributed by atoms with Crippen molar-refractivity contribution in [2.75, 3.05) is 40.1 Å². The van der Waals surface area contributed by atoms with Crippen LogP contribution in [0.15, 0.2) is 23.0 Å². The number of tetrazole rings is 1. The minimum atomic E-state index is -0.167. The SMILES string of the molecule is COCCn1nnnc1[C@@H](C(C)C)N(CCCO)Cc1cc2cc3c(cc2[nH]c1=O)OCCO3. The van der Waals surface area contributed by atoms with Crippen molar-refractivity contribution in [2.45, 2.75) is 39.4 Å². The van der Waals surface area contributed by atoms with Gasteiger partial charge in [-0.15, -0.1) is 5.10 Å². The van der Waals surface area contributed by atoms with Gasteiger partial charge in [0.1, 0.15) is 13.2 Å². The second kappa shape index (κ2) is 10.9. The molecule has 184 valence electrons. The fourth-order valence-electron chi connectivity index (χ4n) is 4.36. The number of aromatic nitrogens is 5. The number of rotatable bonds is 11. The van der Waals surface area contributed by atoms with E-state index in [0.29, 0.717) is 74.3 Å². The van der Waals surface area contributed by atoms with Gasteiger partial charge in [-0.2, -0.15) is 0 Å². The monoisotopic (exact) mass is 472 g/mol. The second-order valence-corrected chi connectivity index (χ2v) is 8.70. The number of nitrogens with zero attached hydrogens (tertiary/aromatic N) is 5. The first-order chi connectivity index (χ1) is 16.5. The number of hydrogen-bond acceptors (Lipinski definition) is 9. The number of aliphatic hydroxyl groups is 1. The summed E-state index contributed by atoms with van der Waals surface area (Å²) in [6, 6.07) is 5.43. The van der Waals surface area contributed by atoms with Crippen molar-refractivity contribution in [3.63, 3.8) is 0 Å². The van der Waals surface area contributed by atoms with Crippen LogP contribution < -0.4 is 15.0 Å². The molecule has 3 heterocycles. The molecule has 1 aromatic carbocycles. The number of aliphatic hydroxyl groups excluding tert-OH is 1. The Kier molecular flexibility index (Phi) is 7.76. The van der Waals surface area contributed by atoms with Crippen molar-refractivity contribution < 1.29 is 19.3 Å². The maximum Gasteiger partial charge on any atom is 0.252 e. The van der Waals surface area contributed by atoms with E-state index in [0.717, 1.165) is 5.39 Å². The van der Waals surface area contributed by atoms with Gasteiger partial charge in [-0.3, -0.25) is 9.69 Å². The Morgan fingerprint density at radius 1 is 1.24 bits per heavy atom. The third-order valence-electron chi connectivity index (χ3n) is 5.92. The van der Waals surface area contributed by atoms with Crippen LogP contribution >= 0.6 is 0 Å². The summed E-state index contributed by atoms with van der Waals surface area (Å²) in [5.74, 6) is 2.17. The van der Waals surface area contributed by atoms with Gasteiger partial charge in [0, 0.05) is 43.8 Å². The van der Waals surface area contributed by atoms with E-state index in [1.807, 2.05) is 12.1 Å². The summed E-state index contributed by atoms with van der Waals surface area (Å²) in [5, 5.41) is 22.7. The second-order valence-electron chi connectivity index (χ2n) is 8.70. The summed E-state index contributed by atoms with van der Waals surface area (Å²) < 4.78 is 18.3. The zero-order chi connectivity index (χ0) is 24.1. The van der Waals surface area contributed by atoms with Crippen molar-refractivity contribution >= 4 is 10.9 Å². The van der Waals surface area contributed by atoms with E-state index in [9.17, 15) is 9.90 Å². The Balaban J connectivity index is 1.69. The molecule has 11 heteroatoms. The van der Waals surface area contributed by atoms with Gasteiger partial charge in [-0.05, 0) is 34.9 Å². The average Bonchev–Trinajstić information content (AvgIpc) is 3.28. The molecule has 3 aromatic rings. The smallest absolute Gasteiger partial charge is 0.252 e. The molecule has 0 unspecified atom stereocenters. The van der Waals surface area contributed by atoms with Gasteiger partial charge in [0.25, 0.3) is 5.56 Å². The molecule has 0 saturated heterocycles. The first-order valence-electron chi connectivity index (χ1n) is 11.6.